The number of nitrogens with two attached hydrogens (primary N) is 1. The lowest BCUT2D eigenvalue weighted by Gasteiger charge is -2.12. The molecule has 0 fully saturated rings. The van der Waals surface area contributed by atoms with Crippen LogP contribution in [0.4, 0.5) is 40.1 Å². The molecule has 0 saturated carbocycles. The Morgan fingerprint density at radius 1 is 0.457 bits per heavy atom. The van der Waals surface area contributed by atoms with Crippen molar-refractivity contribution in [3.05, 3.63) is 171 Å². The van der Waals surface area contributed by atoms with Gasteiger partial charge in [0.25, 0.3) is 53.2 Å². The van der Waals surface area contributed by atoms with E-state index in [2.05, 4.69) is 63.1 Å². The fourth-order valence-corrected chi connectivity index (χ4v) is 10.7. The molecule has 32 nitrogen and oxygen atoms in total. The monoisotopic (exact) mass is 1320 g/mol. The Labute approximate surface area is 542 Å². The fraction of sp³-hybridized carbons (Fsp3) is 0.217. The number of benzene rings is 1. The first-order valence-electron chi connectivity index (χ1n) is 28.4. The number of nitrogens with one attached hydrogen (secondary N) is 10. The molecule has 0 saturated heterocycles. The highest BCUT2D eigenvalue weighted by molar-refractivity contribution is 7.12. The third-order valence-corrected chi connectivity index (χ3v) is 15.7. The minimum absolute atomic E-state index is 0.00635. The van der Waals surface area contributed by atoms with Crippen LogP contribution in [-0.2, 0) is 54.1 Å². The number of imidazole rings is 2. The van der Waals surface area contributed by atoms with Gasteiger partial charge in [-0.3, -0.25) is 47.9 Å². The highest BCUT2D eigenvalue weighted by Crippen LogP contribution is 2.26. The second-order valence-electron chi connectivity index (χ2n) is 21.5. The highest BCUT2D eigenvalue weighted by atomic mass is 35.5. The van der Waals surface area contributed by atoms with Crippen LogP contribution in [0.1, 0.15) is 117 Å². The number of aromatic carboxylic acids is 1. The molecule has 13 N–H and O–H groups in total. The molecule has 488 valence electrons. The molecule has 94 heavy (non-hydrogen) atoms. The lowest BCUT2D eigenvalue weighted by atomic mass is 10.1. The minimum Gasteiger partial charge on any atom is -0.478 e. The maximum atomic E-state index is 13.5. The number of carbonyl (C=O) groups excluding carboxylic acids is 10. The van der Waals surface area contributed by atoms with Crippen molar-refractivity contribution < 1.29 is 57.8 Å². The van der Waals surface area contributed by atoms with Gasteiger partial charge >= 0.3 is 5.97 Å². The first-order valence-corrected chi connectivity index (χ1v) is 29.7. The average Bonchev–Trinajstić information content (AvgIpc) is 1.72. The highest BCUT2D eigenvalue weighted by Gasteiger charge is 2.25. The van der Waals surface area contributed by atoms with Gasteiger partial charge < -0.3 is 96.0 Å². The number of thiophene rings is 1. The molecule has 0 bridgehead atoms. The molecular weight excluding hydrogens is 1260 g/mol. The van der Waals surface area contributed by atoms with Crippen LogP contribution in [0, 0.1) is 0 Å². The molecule has 0 radical (unpaired) electrons. The standard InChI is InChI=1S/C60H63ClN20O12S/c1-75-25-34(19-40(75)52(84)64-15-9-14-63-50(82)31-10-8-11-32(18-31)60(92)93)67-54(86)42-23-37(28-77(42)3)70-59(91)49-72-46(30-81(49)7)74-55(87)43-20-33(24-78(43)4)66-51(83)39(62)12-16-65-58(90)48-71-45(29-80(48)6)73-56(88)44-21-35(26-79(44)5)68-53(85)41-22-36(27-76(41)2)69-57(89)47-38(61)13-17-94-47/h8,10-11,13,17-30,39H,9,12,14-16,62H2,1-7H3,(H,63,82)(H,64,84)(H,65,90)(H,66,83)(H,67,86)(H,68,85)(H,69,89)(H,70,91)(H,73,88)(H,74,87)(H,92,93)/t39-/m1/s1. The van der Waals surface area contributed by atoms with Crippen LogP contribution < -0.4 is 58.9 Å². The summed E-state index contributed by atoms with van der Waals surface area (Å²) in [5, 5.41) is 38.2. The van der Waals surface area contributed by atoms with Gasteiger partial charge in [0, 0.05) is 118 Å². The molecule has 1 atom stereocenters. The van der Waals surface area contributed by atoms with Crippen LogP contribution in [0.5, 0.6) is 0 Å². The van der Waals surface area contributed by atoms with Gasteiger partial charge in [-0.25, -0.2) is 14.8 Å². The van der Waals surface area contributed by atoms with E-state index < -0.39 is 71.1 Å². The summed E-state index contributed by atoms with van der Waals surface area (Å²) in [6, 6.07) is 13.4. The van der Waals surface area contributed by atoms with Gasteiger partial charge in [-0.1, -0.05) is 17.7 Å². The average molecular weight is 1320 g/mol. The Bertz CT molecular complexity index is 4500. The predicted octanol–water partition coefficient (Wildman–Crippen LogP) is 4.41. The number of halogens is 1. The molecular formula is C60H63ClN20O12S. The topological polar surface area (TPSA) is 415 Å². The van der Waals surface area contributed by atoms with Gasteiger partial charge in [0.15, 0.2) is 11.6 Å². The number of aryl methyl sites for hydroxylation is 7. The van der Waals surface area contributed by atoms with E-state index in [-0.39, 0.29) is 100 Å². The number of anilines is 7. The summed E-state index contributed by atoms with van der Waals surface area (Å²) < 4.78 is 10.3. The number of amides is 10. The molecule has 10 amide bonds. The van der Waals surface area contributed by atoms with Crippen molar-refractivity contribution in [3.8, 4) is 0 Å². The number of carboxylic acid groups (broad SMARTS) is 1. The Balaban J connectivity index is 0.691. The van der Waals surface area contributed by atoms with Crippen LogP contribution >= 0.6 is 22.9 Å². The molecule has 9 rings (SSSR count). The molecule has 8 heterocycles. The van der Waals surface area contributed by atoms with Crippen molar-refractivity contribution in [2.75, 3.05) is 56.9 Å². The quantitative estimate of drug-likeness (QED) is 0.0353. The summed E-state index contributed by atoms with van der Waals surface area (Å²) in [5.74, 6) is -6.75. The van der Waals surface area contributed by atoms with Crippen LogP contribution in [-0.4, -0.2) is 138 Å². The Morgan fingerprint density at radius 2 is 0.851 bits per heavy atom. The number of carbonyl (C=O) groups is 11. The van der Waals surface area contributed by atoms with Crippen molar-refractivity contribution in [2.45, 2.75) is 18.9 Å². The molecule has 0 aliphatic heterocycles. The molecule has 34 heteroatoms. The summed E-state index contributed by atoms with van der Waals surface area (Å²) in [5.41, 5.74) is 8.70. The summed E-state index contributed by atoms with van der Waals surface area (Å²) in [7, 11) is 11.1. The zero-order valence-electron chi connectivity index (χ0n) is 51.3. The van der Waals surface area contributed by atoms with Crippen molar-refractivity contribution in [1.82, 2.24) is 57.9 Å². The SMILES string of the molecule is Cn1cc(NC(=O)c2cc(NC(=O)c3nc(NC(=O)c4cc(NC(=O)[C@H](N)CCNC(=O)c5nc(NC(=O)c6cc(NC(=O)c7cc(NC(=O)c8sccc8Cl)cn7C)cn6C)cn5C)cn4C)cn3C)cn2C)cc1C(=O)NCCCNC(=O)c1cccc(C(=O)O)c1. The minimum atomic E-state index is -1.15. The second-order valence-corrected chi connectivity index (χ2v) is 22.8. The van der Waals surface area contributed by atoms with Crippen molar-refractivity contribution >= 4 is 128 Å². The normalized spacial score (nSPS) is 11.3. The molecule has 1 aromatic carbocycles. The first kappa shape index (κ1) is 66.6. The van der Waals surface area contributed by atoms with E-state index in [9.17, 15) is 57.8 Å². The molecule has 0 aliphatic carbocycles. The molecule has 9 aromatic rings. The van der Waals surface area contributed by atoms with Gasteiger partial charge in [0.2, 0.25) is 17.6 Å². The van der Waals surface area contributed by atoms with Crippen LogP contribution in [0.15, 0.2) is 109 Å². The van der Waals surface area contributed by atoms with Crippen LogP contribution in [0.3, 0.4) is 0 Å². The Hall–Kier alpha value is -11.8. The van der Waals surface area contributed by atoms with E-state index in [4.69, 9.17) is 17.3 Å². The number of hydrogen-bond donors (Lipinski definition) is 12. The third kappa shape index (κ3) is 15.8. The van der Waals surface area contributed by atoms with E-state index in [1.54, 1.807) is 73.2 Å². The lowest BCUT2D eigenvalue weighted by molar-refractivity contribution is -0.117. The van der Waals surface area contributed by atoms with Gasteiger partial charge in [-0.05, 0) is 72.8 Å². The summed E-state index contributed by atoms with van der Waals surface area (Å²) in [4.78, 5) is 152. The number of rotatable bonds is 25. The summed E-state index contributed by atoms with van der Waals surface area (Å²) in [6.07, 6.45) is 10.9. The third-order valence-electron chi connectivity index (χ3n) is 14.3. The second kappa shape index (κ2) is 28.5. The first-order chi connectivity index (χ1) is 44.7. The number of aromatic nitrogens is 9. The van der Waals surface area contributed by atoms with Crippen molar-refractivity contribution in [2.24, 2.45) is 55.1 Å². The zero-order valence-corrected chi connectivity index (χ0v) is 52.9. The fourth-order valence-electron chi connectivity index (χ4n) is 9.61. The molecule has 0 aliphatic rings. The smallest absolute Gasteiger partial charge is 0.335 e. The zero-order chi connectivity index (χ0) is 67.8. The van der Waals surface area contributed by atoms with E-state index >= 15 is 0 Å². The van der Waals surface area contributed by atoms with Gasteiger partial charge in [-0.2, -0.15) is 0 Å². The van der Waals surface area contributed by atoms with E-state index in [1.165, 1.54) is 129 Å². The van der Waals surface area contributed by atoms with E-state index in [0.29, 0.717) is 33.4 Å². The van der Waals surface area contributed by atoms with Gasteiger partial charge in [-0.15, -0.1) is 11.3 Å². The Kier molecular flexibility index (Phi) is 20.2. The van der Waals surface area contributed by atoms with Gasteiger partial charge in [0.1, 0.15) is 33.3 Å². The molecule has 0 spiro atoms. The van der Waals surface area contributed by atoms with Crippen molar-refractivity contribution in [1.29, 1.82) is 0 Å². The largest absolute Gasteiger partial charge is 0.478 e. The Morgan fingerprint density at radius 3 is 1.31 bits per heavy atom. The lowest BCUT2D eigenvalue weighted by Crippen LogP contribution is -2.39. The summed E-state index contributed by atoms with van der Waals surface area (Å²) in [6.45, 7) is 0.366. The molecule has 0 unspecified atom stereocenters. The number of nitrogens with zero attached hydrogens (tertiary/aromatic N) is 9. The molecule has 8 aromatic heterocycles. The van der Waals surface area contributed by atoms with E-state index in [0.717, 1.165) is 0 Å². The predicted molar refractivity (Wildman–Crippen MR) is 347 cm³/mol. The van der Waals surface area contributed by atoms with Gasteiger partial charge in [0.05, 0.1) is 45.1 Å². The van der Waals surface area contributed by atoms with Crippen LogP contribution in [0.2, 0.25) is 5.02 Å². The number of hydrogen-bond acceptors (Lipinski definition) is 15. The maximum Gasteiger partial charge on any atom is 0.335 e. The summed E-state index contributed by atoms with van der Waals surface area (Å²) >= 11 is 7.27. The maximum absolute atomic E-state index is 13.5. The van der Waals surface area contributed by atoms with Crippen LogP contribution in [0.25, 0.3) is 0 Å². The number of carboxylic acids is 1. The van der Waals surface area contributed by atoms with Crippen molar-refractivity contribution in [3.63, 3.8) is 0 Å². The van der Waals surface area contributed by atoms with E-state index in [1.807, 2.05) is 0 Å².